The second-order valence-electron chi connectivity index (χ2n) is 8.66. The van der Waals surface area contributed by atoms with Crippen LogP contribution in [0, 0.1) is 17.1 Å². The van der Waals surface area contributed by atoms with Crippen LogP contribution in [0.5, 0.6) is 0 Å². The molecule has 1 aliphatic heterocycles. The number of nitrogens with zero attached hydrogens (tertiary/aromatic N) is 5. The van der Waals surface area contributed by atoms with Gasteiger partial charge in [-0.15, -0.1) is 0 Å². The number of allylic oxidation sites excluding steroid dienone is 1. The summed E-state index contributed by atoms with van der Waals surface area (Å²) in [6.45, 7) is 1.93. The Hall–Kier alpha value is -3.62. The van der Waals surface area contributed by atoms with E-state index in [4.69, 9.17) is 5.41 Å². The topological polar surface area (TPSA) is 124 Å². The number of hydrogen-bond acceptors (Lipinski definition) is 7. The van der Waals surface area contributed by atoms with Crippen molar-refractivity contribution < 1.29 is 36.5 Å². The number of carbonyl (C=O) groups is 1. The zero-order valence-electron chi connectivity index (χ0n) is 20.1. The molecule has 1 fully saturated rings. The Morgan fingerprint density at radius 2 is 1.78 bits per heavy atom. The van der Waals surface area contributed by atoms with E-state index in [0.29, 0.717) is 18.1 Å². The van der Waals surface area contributed by atoms with E-state index in [2.05, 4.69) is 25.3 Å². The van der Waals surface area contributed by atoms with Gasteiger partial charge < -0.3 is 15.5 Å². The second-order valence-corrected chi connectivity index (χ2v) is 8.66. The summed E-state index contributed by atoms with van der Waals surface area (Å²) in [5.41, 5.74) is -1.37. The number of likely N-dealkylation sites (tertiary alicyclic amines) is 1. The molecular weight excluding hydrogens is 506 g/mol. The molecule has 15 heteroatoms. The molecule has 2 aromatic rings. The summed E-state index contributed by atoms with van der Waals surface area (Å²) in [4.78, 5) is 29.1. The fourth-order valence-corrected chi connectivity index (χ4v) is 3.96. The average molecular weight is 531 g/mol. The second kappa shape index (κ2) is 10.8. The number of rotatable bonds is 7. The molecule has 0 aliphatic carbocycles. The quantitative estimate of drug-likeness (QED) is 0.372. The maximum atomic E-state index is 14.5. The fourth-order valence-electron chi connectivity index (χ4n) is 3.96. The van der Waals surface area contributed by atoms with Crippen molar-refractivity contribution in [2.75, 3.05) is 25.5 Å². The molecule has 3 heterocycles. The van der Waals surface area contributed by atoms with Gasteiger partial charge in [0, 0.05) is 32.3 Å². The van der Waals surface area contributed by atoms with E-state index < -0.39 is 60.0 Å². The molecule has 1 amide bonds. The van der Waals surface area contributed by atoms with Crippen molar-refractivity contribution in [3.05, 3.63) is 47.7 Å². The number of halogens is 6. The minimum atomic E-state index is -4.63. The molecule has 2 aromatic heterocycles. The number of alkyl halides is 5. The molecule has 0 saturated carbocycles. The monoisotopic (exact) mass is 531 g/mol. The van der Waals surface area contributed by atoms with Crippen LogP contribution in [0.15, 0.2) is 30.5 Å². The van der Waals surface area contributed by atoms with E-state index in [1.165, 1.54) is 6.92 Å². The number of carbonyl (C=O) groups excluding carboxylic acids is 1. The molecule has 9 nitrogen and oxygen atoms in total. The Balaban J connectivity index is 1.88. The summed E-state index contributed by atoms with van der Waals surface area (Å²) in [6, 6.07) is -0.875. The molecule has 1 saturated heterocycles. The smallest absolute Gasteiger partial charge is 0.352 e. The van der Waals surface area contributed by atoms with Crippen LogP contribution in [0.3, 0.4) is 0 Å². The Morgan fingerprint density at radius 3 is 2.32 bits per heavy atom. The third-order valence-electron chi connectivity index (χ3n) is 5.92. The van der Waals surface area contributed by atoms with Crippen molar-refractivity contribution in [3.8, 4) is 0 Å². The summed E-state index contributed by atoms with van der Waals surface area (Å²) in [5.74, 6) is -6.07. The summed E-state index contributed by atoms with van der Waals surface area (Å²) in [7, 11) is 1.63. The van der Waals surface area contributed by atoms with Crippen molar-refractivity contribution in [1.29, 1.82) is 5.41 Å². The molecule has 0 radical (unpaired) electrons. The molecule has 2 atom stereocenters. The van der Waals surface area contributed by atoms with Crippen LogP contribution in [0.1, 0.15) is 31.7 Å². The predicted octanol–water partition coefficient (Wildman–Crippen LogP) is 2.35. The number of anilines is 1. The number of aromatic nitrogens is 4. The van der Waals surface area contributed by atoms with E-state index in [1.807, 2.05) is 0 Å². The van der Waals surface area contributed by atoms with Crippen molar-refractivity contribution >= 4 is 23.1 Å². The first kappa shape index (κ1) is 28.0. The molecule has 4 N–H and O–H groups in total. The maximum Gasteiger partial charge on any atom is 0.419 e. The summed E-state index contributed by atoms with van der Waals surface area (Å²) in [6.07, 6.45) is -2.30. The molecule has 37 heavy (non-hydrogen) atoms. The van der Waals surface area contributed by atoms with Crippen LogP contribution in [0.25, 0.3) is 5.57 Å². The first-order chi connectivity index (χ1) is 17.2. The zero-order valence-corrected chi connectivity index (χ0v) is 20.1. The highest BCUT2D eigenvalue weighted by Crippen LogP contribution is 2.35. The van der Waals surface area contributed by atoms with Gasteiger partial charge in [-0.05, 0) is 5.92 Å². The number of quaternary nitrogens is 1. The molecule has 0 spiro atoms. The van der Waals surface area contributed by atoms with Gasteiger partial charge in [0.2, 0.25) is 5.95 Å². The van der Waals surface area contributed by atoms with E-state index in [-0.39, 0.29) is 23.9 Å². The summed E-state index contributed by atoms with van der Waals surface area (Å²) in [5, 5.41) is 12.8. The number of piperidine rings is 1. The zero-order chi connectivity index (χ0) is 27.5. The Labute approximate surface area is 207 Å². The van der Waals surface area contributed by atoms with Crippen molar-refractivity contribution in [2.24, 2.45) is 5.92 Å². The van der Waals surface area contributed by atoms with Crippen LogP contribution < -0.4 is 10.6 Å². The van der Waals surface area contributed by atoms with Crippen LogP contribution >= 0.6 is 0 Å². The Kier molecular flexibility index (Phi) is 8.15. The number of nitrogens with two attached hydrogens (primary N) is 1. The minimum absolute atomic E-state index is 0.0492. The number of amides is 1. The summed E-state index contributed by atoms with van der Waals surface area (Å²) < 4.78 is 80.6. The predicted molar refractivity (Wildman–Crippen MR) is 120 cm³/mol. The van der Waals surface area contributed by atoms with Crippen LogP contribution in [0.2, 0.25) is 0 Å². The molecule has 0 bridgehead atoms. The Bertz CT molecular complexity index is 1170. The van der Waals surface area contributed by atoms with Gasteiger partial charge in [0.15, 0.2) is 11.6 Å². The number of hydrogen-bond donors (Lipinski definition) is 3. The minimum Gasteiger partial charge on any atom is -0.352 e. The van der Waals surface area contributed by atoms with Crippen molar-refractivity contribution in [3.63, 3.8) is 0 Å². The van der Waals surface area contributed by atoms with Gasteiger partial charge in [0.1, 0.15) is 17.0 Å². The maximum absolute atomic E-state index is 14.5. The SMILES string of the molecule is C[NH2+]/C(C)=C(\C(=N)C(=O)N1CC(F)(F)C[C@@H](C)C1CNc1ncc(C(F)(F)F)cn1)c1ncc(F)cn1. The van der Waals surface area contributed by atoms with Crippen LogP contribution in [0.4, 0.5) is 32.3 Å². The van der Waals surface area contributed by atoms with Crippen LogP contribution in [-0.4, -0.2) is 68.6 Å². The third-order valence-corrected chi connectivity index (χ3v) is 5.92. The van der Waals surface area contributed by atoms with Gasteiger partial charge in [-0.25, -0.2) is 33.1 Å². The van der Waals surface area contributed by atoms with Gasteiger partial charge in [-0.2, -0.15) is 13.2 Å². The lowest BCUT2D eigenvalue weighted by atomic mass is 9.87. The van der Waals surface area contributed by atoms with E-state index >= 15 is 0 Å². The van der Waals surface area contributed by atoms with Gasteiger partial charge in [-0.3, -0.25) is 10.2 Å². The first-order valence-electron chi connectivity index (χ1n) is 11.1. The van der Waals surface area contributed by atoms with Gasteiger partial charge in [0.05, 0.1) is 37.6 Å². The average Bonchev–Trinajstić information content (AvgIpc) is 2.83. The van der Waals surface area contributed by atoms with Gasteiger partial charge >= 0.3 is 6.18 Å². The standard InChI is InChI=1S/C22H24F6N8O/c1-11-4-21(24,25)10-36(15(11)9-35-20-33-5-13(6-34-20)22(26,27)28)19(37)17(29)16(12(2)30-3)18-31-7-14(23)8-32-18/h5-8,11,15,29-30H,4,9-10H2,1-3H3,(H,33,34,35)/p+1/b16-12+,29-17?/t11-,15?/m1/s1. The van der Waals surface area contributed by atoms with E-state index in [9.17, 15) is 31.1 Å². The Morgan fingerprint density at radius 1 is 1.19 bits per heavy atom. The molecule has 1 unspecified atom stereocenters. The molecule has 200 valence electrons. The summed E-state index contributed by atoms with van der Waals surface area (Å²) >= 11 is 0. The lowest BCUT2D eigenvalue weighted by Gasteiger charge is -2.43. The van der Waals surface area contributed by atoms with Crippen molar-refractivity contribution in [2.45, 2.75) is 38.4 Å². The van der Waals surface area contributed by atoms with E-state index in [1.54, 1.807) is 19.3 Å². The normalized spacial score (nSPS) is 20.3. The fraction of sp³-hybridized carbons (Fsp3) is 0.455. The molecule has 3 rings (SSSR count). The highest BCUT2D eigenvalue weighted by molar-refractivity contribution is 6.54. The van der Waals surface area contributed by atoms with Crippen LogP contribution in [-0.2, 0) is 11.0 Å². The lowest BCUT2D eigenvalue weighted by molar-refractivity contribution is -0.574. The molecule has 1 aliphatic rings. The third kappa shape index (κ3) is 6.58. The van der Waals surface area contributed by atoms with Crippen molar-refractivity contribution in [1.82, 2.24) is 24.8 Å². The largest absolute Gasteiger partial charge is 0.419 e. The highest BCUT2D eigenvalue weighted by Gasteiger charge is 2.47. The number of nitrogens with one attached hydrogen (secondary N) is 2. The first-order valence-corrected chi connectivity index (χ1v) is 11.1. The molecule has 0 aromatic carbocycles. The highest BCUT2D eigenvalue weighted by atomic mass is 19.4. The lowest BCUT2D eigenvalue weighted by Crippen LogP contribution is -2.77. The van der Waals surface area contributed by atoms with Gasteiger partial charge in [0.25, 0.3) is 11.8 Å². The van der Waals surface area contributed by atoms with E-state index in [0.717, 1.165) is 17.3 Å². The van der Waals surface area contributed by atoms with Gasteiger partial charge in [-0.1, -0.05) is 6.92 Å². The molecular formula is C22H25F6N8O+.